The minimum absolute atomic E-state index is 0.315. The summed E-state index contributed by atoms with van der Waals surface area (Å²) >= 11 is 0. The fraction of sp³-hybridized carbons (Fsp3) is 0.321. The SMILES string of the molecule is Cc1ccccc1Cn1cc(CCCC(=O)CC(C)Cc2ccco2)c2ccccc21. The molecule has 4 rings (SSSR count). The summed E-state index contributed by atoms with van der Waals surface area (Å²) in [4.78, 5) is 12.5. The van der Waals surface area contributed by atoms with Gasteiger partial charge in [-0.15, -0.1) is 0 Å². The minimum atomic E-state index is 0.315. The highest BCUT2D eigenvalue weighted by molar-refractivity contribution is 5.84. The lowest BCUT2D eigenvalue weighted by Gasteiger charge is -2.08. The van der Waals surface area contributed by atoms with E-state index in [2.05, 4.69) is 73.1 Å². The number of carbonyl (C=O) groups is 1. The summed E-state index contributed by atoms with van der Waals surface area (Å²) in [5.41, 5.74) is 5.26. The Kier molecular flexibility index (Phi) is 6.71. The third-order valence-electron chi connectivity index (χ3n) is 6.08. The van der Waals surface area contributed by atoms with Crippen molar-refractivity contribution in [2.24, 2.45) is 5.92 Å². The number of Topliss-reactive ketones (excluding diaryl/α,β-unsaturated/α-hetero) is 1. The van der Waals surface area contributed by atoms with Crippen LogP contribution in [0.1, 0.15) is 48.6 Å². The molecule has 3 heteroatoms. The Morgan fingerprint density at radius 3 is 2.61 bits per heavy atom. The van der Waals surface area contributed by atoms with Gasteiger partial charge in [-0.25, -0.2) is 0 Å². The number of benzene rings is 2. The number of hydrogen-bond acceptors (Lipinski definition) is 2. The maximum absolute atomic E-state index is 12.5. The third kappa shape index (κ3) is 5.35. The Hall–Kier alpha value is -3.07. The smallest absolute Gasteiger partial charge is 0.133 e. The summed E-state index contributed by atoms with van der Waals surface area (Å²) in [6, 6.07) is 21.0. The first-order chi connectivity index (χ1) is 15.1. The summed E-state index contributed by atoms with van der Waals surface area (Å²) in [6.07, 6.45) is 7.88. The van der Waals surface area contributed by atoms with E-state index < -0.39 is 0 Å². The molecule has 0 aliphatic carbocycles. The molecule has 0 N–H and O–H groups in total. The highest BCUT2D eigenvalue weighted by atomic mass is 16.3. The molecule has 2 heterocycles. The van der Waals surface area contributed by atoms with E-state index in [1.807, 2.05) is 12.1 Å². The van der Waals surface area contributed by atoms with E-state index in [0.717, 1.165) is 31.6 Å². The number of furan rings is 1. The van der Waals surface area contributed by atoms with Crippen LogP contribution in [0, 0.1) is 12.8 Å². The van der Waals surface area contributed by atoms with Gasteiger partial charge in [-0.2, -0.15) is 0 Å². The fourth-order valence-corrected chi connectivity index (χ4v) is 4.43. The molecule has 4 aromatic rings. The van der Waals surface area contributed by atoms with Gasteiger partial charge in [0.15, 0.2) is 0 Å². The summed E-state index contributed by atoms with van der Waals surface area (Å²) in [7, 11) is 0. The van der Waals surface area contributed by atoms with Crippen LogP contribution in [0.15, 0.2) is 77.5 Å². The van der Waals surface area contributed by atoms with Crippen LogP contribution in [0.5, 0.6) is 0 Å². The van der Waals surface area contributed by atoms with Gasteiger partial charge in [-0.05, 0) is 60.6 Å². The summed E-state index contributed by atoms with van der Waals surface area (Å²) in [5, 5.41) is 1.30. The van der Waals surface area contributed by atoms with Crippen LogP contribution in [0.4, 0.5) is 0 Å². The van der Waals surface area contributed by atoms with Crippen molar-refractivity contribution in [1.82, 2.24) is 4.57 Å². The van der Waals surface area contributed by atoms with Crippen molar-refractivity contribution >= 4 is 16.7 Å². The van der Waals surface area contributed by atoms with Crippen LogP contribution in [0.3, 0.4) is 0 Å². The molecule has 2 aromatic carbocycles. The second kappa shape index (κ2) is 9.82. The minimum Gasteiger partial charge on any atom is -0.469 e. The Bertz CT molecular complexity index is 1140. The molecule has 31 heavy (non-hydrogen) atoms. The van der Waals surface area contributed by atoms with Gasteiger partial charge in [0, 0.05) is 42.9 Å². The average molecular weight is 414 g/mol. The number of para-hydroxylation sites is 1. The molecule has 1 unspecified atom stereocenters. The number of nitrogens with zero attached hydrogens (tertiary/aromatic N) is 1. The molecule has 0 fully saturated rings. The topological polar surface area (TPSA) is 35.1 Å². The van der Waals surface area contributed by atoms with E-state index in [-0.39, 0.29) is 0 Å². The zero-order chi connectivity index (χ0) is 21.6. The molecule has 0 saturated carbocycles. The van der Waals surface area contributed by atoms with Gasteiger partial charge in [0.2, 0.25) is 0 Å². The van der Waals surface area contributed by atoms with Crippen LogP contribution in [-0.2, 0) is 24.2 Å². The van der Waals surface area contributed by atoms with Crippen LogP contribution >= 0.6 is 0 Å². The zero-order valence-electron chi connectivity index (χ0n) is 18.5. The molecule has 2 aromatic heterocycles. The molecule has 0 aliphatic heterocycles. The first kappa shape index (κ1) is 21.2. The van der Waals surface area contributed by atoms with E-state index in [1.54, 1.807) is 6.26 Å². The molecule has 0 aliphatic rings. The number of aromatic nitrogens is 1. The van der Waals surface area contributed by atoms with Crippen molar-refractivity contribution in [1.29, 1.82) is 0 Å². The van der Waals surface area contributed by atoms with E-state index in [1.165, 1.54) is 27.6 Å². The maximum atomic E-state index is 12.5. The first-order valence-electron chi connectivity index (χ1n) is 11.3. The van der Waals surface area contributed by atoms with Gasteiger partial charge < -0.3 is 8.98 Å². The van der Waals surface area contributed by atoms with Crippen LogP contribution in [0.2, 0.25) is 0 Å². The second-order valence-electron chi connectivity index (χ2n) is 8.71. The van der Waals surface area contributed by atoms with E-state index in [4.69, 9.17) is 4.42 Å². The van der Waals surface area contributed by atoms with Crippen molar-refractivity contribution in [2.75, 3.05) is 0 Å². The fourth-order valence-electron chi connectivity index (χ4n) is 4.43. The molecule has 0 bridgehead atoms. The number of fused-ring (bicyclic) bond motifs is 1. The molecule has 1 atom stereocenters. The van der Waals surface area contributed by atoms with E-state index in [9.17, 15) is 4.79 Å². The standard InChI is InChI=1S/C28H31NO2/c1-21(18-26-13-8-16-31-26)17-25(30)12-7-11-24-20-29(28-15-6-5-14-27(24)28)19-23-10-4-3-9-22(23)2/h3-6,8-10,13-16,20-21H,7,11-12,17-19H2,1-2H3. The predicted molar refractivity (Wildman–Crippen MR) is 126 cm³/mol. The lowest BCUT2D eigenvalue weighted by atomic mass is 9.96. The van der Waals surface area contributed by atoms with Gasteiger partial charge in [0.05, 0.1) is 6.26 Å². The Balaban J connectivity index is 1.37. The number of hydrogen-bond donors (Lipinski definition) is 0. The molecular formula is C28H31NO2. The van der Waals surface area contributed by atoms with Crippen LogP contribution in [-0.4, -0.2) is 10.4 Å². The number of ketones is 1. The van der Waals surface area contributed by atoms with E-state index >= 15 is 0 Å². The molecular weight excluding hydrogens is 382 g/mol. The van der Waals surface area contributed by atoms with E-state index in [0.29, 0.717) is 24.5 Å². The Morgan fingerprint density at radius 2 is 1.81 bits per heavy atom. The van der Waals surface area contributed by atoms with Gasteiger partial charge in [0.1, 0.15) is 11.5 Å². The molecule has 160 valence electrons. The second-order valence-corrected chi connectivity index (χ2v) is 8.71. The molecule has 0 saturated heterocycles. The van der Waals surface area contributed by atoms with Gasteiger partial charge in [-0.1, -0.05) is 49.4 Å². The van der Waals surface area contributed by atoms with Crippen molar-refractivity contribution < 1.29 is 9.21 Å². The summed E-state index contributed by atoms with van der Waals surface area (Å²) in [6.45, 7) is 5.16. The molecule has 0 amide bonds. The maximum Gasteiger partial charge on any atom is 0.133 e. The van der Waals surface area contributed by atoms with Crippen molar-refractivity contribution in [3.05, 3.63) is 95.6 Å². The highest BCUT2D eigenvalue weighted by Crippen LogP contribution is 2.25. The zero-order valence-corrected chi connectivity index (χ0v) is 18.5. The number of rotatable bonds is 10. The average Bonchev–Trinajstić information content (AvgIpc) is 3.38. The number of aryl methyl sites for hydroxylation is 2. The molecule has 0 radical (unpaired) electrons. The summed E-state index contributed by atoms with van der Waals surface area (Å²) in [5.74, 6) is 1.62. The van der Waals surface area contributed by atoms with Crippen LogP contribution in [0.25, 0.3) is 10.9 Å². The van der Waals surface area contributed by atoms with Crippen molar-refractivity contribution in [2.45, 2.75) is 52.5 Å². The lowest BCUT2D eigenvalue weighted by molar-refractivity contribution is -0.119. The Labute approximate surface area is 184 Å². The molecule has 0 spiro atoms. The largest absolute Gasteiger partial charge is 0.469 e. The van der Waals surface area contributed by atoms with Crippen molar-refractivity contribution in [3.8, 4) is 0 Å². The van der Waals surface area contributed by atoms with Gasteiger partial charge in [-0.3, -0.25) is 4.79 Å². The third-order valence-corrected chi connectivity index (χ3v) is 6.08. The lowest BCUT2D eigenvalue weighted by Crippen LogP contribution is -2.08. The monoisotopic (exact) mass is 413 g/mol. The highest BCUT2D eigenvalue weighted by Gasteiger charge is 2.13. The Morgan fingerprint density at radius 1 is 1.00 bits per heavy atom. The number of carbonyl (C=O) groups excluding carboxylic acids is 1. The van der Waals surface area contributed by atoms with Crippen LogP contribution < -0.4 is 0 Å². The first-order valence-corrected chi connectivity index (χ1v) is 11.3. The summed E-state index contributed by atoms with van der Waals surface area (Å²) < 4.78 is 7.75. The quantitative estimate of drug-likeness (QED) is 0.288. The normalized spacial score (nSPS) is 12.3. The van der Waals surface area contributed by atoms with Crippen molar-refractivity contribution in [3.63, 3.8) is 0 Å². The predicted octanol–water partition coefficient (Wildman–Crippen LogP) is 6.75. The van der Waals surface area contributed by atoms with Gasteiger partial charge in [0.25, 0.3) is 0 Å². The van der Waals surface area contributed by atoms with Gasteiger partial charge >= 0.3 is 0 Å². The molecule has 3 nitrogen and oxygen atoms in total.